The third-order valence-corrected chi connectivity index (χ3v) is 3.61. The molecule has 1 heterocycles. The topological polar surface area (TPSA) is 15.8 Å². The Labute approximate surface area is 90.5 Å². The first-order valence-electron chi connectivity index (χ1n) is 5.92. The molecule has 1 aromatic carbocycles. The van der Waals surface area contributed by atoms with Crippen molar-refractivity contribution in [3.63, 3.8) is 0 Å². The van der Waals surface area contributed by atoms with Crippen LogP contribution in [0.3, 0.4) is 0 Å². The number of aromatic nitrogens is 1. The van der Waals surface area contributed by atoms with Crippen molar-refractivity contribution in [3.8, 4) is 0 Å². The lowest BCUT2D eigenvalue weighted by atomic mass is 9.97. The maximum absolute atomic E-state index is 3.38. The first kappa shape index (κ1) is 9.02. The van der Waals surface area contributed by atoms with E-state index in [0.29, 0.717) is 0 Å². The predicted octanol–water partition coefficient (Wildman–Crippen LogP) is 4.13. The van der Waals surface area contributed by atoms with Crippen LogP contribution in [0.15, 0.2) is 24.3 Å². The normalized spacial score (nSPS) is 17.7. The molecule has 1 nitrogen and oxygen atoms in total. The van der Waals surface area contributed by atoms with E-state index >= 15 is 0 Å². The molecule has 0 radical (unpaired) electrons. The number of hydrogen-bond donors (Lipinski definition) is 1. The number of rotatable bonds is 1. The first-order valence-corrected chi connectivity index (χ1v) is 5.92. The van der Waals surface area contributed by atoms with E-state index in [1.165, 1.54) is 42.3 Å². The van der Waals surface area contributed by atoms with E-state index in [1.54, 1.807) is 5.56 Å². The number of H-pyrrole nitrogens is 1. The number of fused-ring (bicyclic) bond motifs is 1. The molecule has 15 heavy (non-hydrogen) atoms. The second-order valence-electron chi connectivity index (χ2n) is 4.78. The quantitative estimate of drug-likeness (QED) is 0.710. The minimum absolute atomic E-state index is 0.824. The summed E-state index contributed by atoms with van der Waals surface area (Å²) in [5.41, 5.74) is 4.07. The van der Waals surface area contributed by atoms with Crippen molar-refractivity contribution in [3.05, 3.63) is 35.5 Å². The summed E-state index contributed by atoms with van der Waals surface area (Å²) < 4.78 is 0. The van der Waals surface area contributed by atoms with E-state index in [2.05, 4.69) is 36.2 Å². The predicted molar refractivity (Wildman–Crippen MR) is 64.2 cm³/mol. The van der Waals surface area contributed by atoms with E-state index in [0.717, 1.165) is 5.92 Å². The van der Waals surface area contributed by atoms with Gasteiger partial charge in [0.1, 0.15) is 0 Å². The fourth-order valence-corrected chi connectivity index (χ4v) is 2.81. The van der Waals surface area contributed by atoms with Gasteiger partial charge >= 0.3 is 0 Å². The second-order valence-corrected chi connectivity index (χ2v) is 4.78. The van der Waals surface area contributed by atoms with Crippen molar-refractivity contribution < 1.29 is 0 Å². The van der Waals surface area contributed by atoms with Gasteiger partial charge < -0.3 is 4.98 Å². The maximum Gasteiger partial charge on any atom is 0.0456 e. The smallest absolute Gasteiger partial charge is 0.0456 e. The van der Waals surface area contributed by atoms with Crippen LogP contribution in [-0.4, -0.2) is 4.98 Å². The summed E-state index contributed by atoms with van der Waals surface area (Å²) >= 11 is 0. The van der Waals surface area contributed by atoms with Crippen LogP contribution in [0.1, 0.15) is 42.9 Å². The summed E-state index contributed by atoms with van der Waals surface area (Å²) in [7, 11) is 0. The molecular weight excluding hydrogens is 182 g/mol. The van der Waals surface area contributed by atoms with E-state index in [9.17, 15) is 0 Å². The van der Waals surface area contributed by atoms with Crippen LogP contribution < -0.4 is 0 Å². The molecule has 0 aliphatic heterocycles. The lowest BCUT2D eigenvalue weighted by Crippen LogP contribution is -1.90. The molecule has 1 aliphatic carbocycles. The fourth-order valence-electron chi connectivity index (χ4n) is 2.81. The van der Waals surface area contributed by atoms with Crippen LogP contribution in [-0.2, 0) is 0 Å². The first-order chi connectivity index (χ1) is 7.33. The van der Waals surface area contributed by atoms with E-state index in [-0.39, 0.29) is 0 Å². The second kappa shape index (κ2) is 3.41. The van der Waals surface area contributed by atoms with Crippen molar-refractivity contribution in [2.45, 2.75) is 38.5 Å². The summed E-state index contributed by atoms with van der Waals surface area (Å²) in [6.45, 7) is 2.12. The molecular formula is C14H17N. The van der Waals surface area contributed by atoms with Gasteiger partial charge in [0.15, 0.2) is 0 Å². The fraction of sp³-hybridized carbons (Fsp3) is 0.429. The zero-order valence-electron chi connectivity index (χ0n) is 9.22. The molecule has 1 fully saturated rings. The third kappa shape index (κ3) is 1.56. The summed E-state index contributed by atoms with van der Waals surface area (Å²) in [4.78, 5) is 3.38. The van der Waals surface area contributed by atoms with Gasteiger partial charge in [-0.25, -0.2) is 0 Å². The number of nitrogens with one attached hydrogen (secondary N) is 1. The SMILES string of the molecule is Cc1cc2cc(C3CCCC3)ccc2[nH]1. The zero-order valence-corrected chi connectivity index (χ0v) is 9.22. The summed E-state index contributed by atoms with van der Waals surface area (Å²) in [6, 6.07) is 9.15. The van der Waals surface area contributed by atoms with Crippen molar-refractivity contribution in [1.29, 1.82) is 0 Å². The highest BCUT2D eigenvalue weighted by molar-refractivity contribution is 5.81. The summed E-state index contributed by atoms with van der Waals surface area (Å²) in [5.74, 6) is 0.824. The van der Waals surface area contributed by atoms with Crippen molar-refractivity contribution in [2.24, 2.45) is 0 Å². The van der Waals surface area contributed by atoms with E-state index in [1.807, 2.05) is 0 Å². The molecule has 0 bridgehead atoms. The molecule has 0 amide bonds. The highest BCUT2D eigenvalue weighted by Crippen LogP contribution is 2.35. The maximum atomic E-state index is 3.38. The van der Waals surface area contributed by atoms with Gasteiger partial charge in [-0.3, -0.25) is 0 Å². The Hall–Kier alpha value is -1.24. The van der Waals surface area contributed by atoms with Gasteiger partial charge in [-0.2, -0.15) is 0 Å². The lowest BCUT2D eigenvalue weighted by Gasteiger charge is -2.08. The molecule has 1 aliphatic rings. The molecule has 0 atom stereocenters. The third-order valence-electron chi connectivity index (χ3n) is 3.61. The molecule has 1 saturated carbocycles. The molecule has 0 saturated heterocycles. The number of hydrogen-bond acceptors (Lipinski definition) is 0. The van der Waals surface area contributed by atoms with Crippen LogP contribution >= 0.6 is 0 Å². The minimum atomic E-state index is 0.824. The van der Waals surface area contributed by atoms with E-state index in [4.69, 9.17) is 0 Å². The molecule has 78 valence electrons. The lowest BCUT2D eigenvalue weighted by molar-refractivity contribution is 0.724. The average molecular weight is 199 g/mol. The monoisotopic (exact) mass is 199 g/mol. The molecule has 1 aromatic heterocycles. The van der Waals surface area contributed by atoms with Crippen molar-refractivity contribution in [2.75, 3.05) is 0 Å². The Balaban J connectivity index is 2.04. The average Bonchev–Trinajstić information content (AvgIpc) is 2.82. The molecule has 1 heteroatoms. The number of aromatic amines is 1. The van der Waals surface area contributed by atoms with Crippen LogP contribution in [0, 0.1) is 6.92 Å². The van der Waals surface area contributed by atoms with Crippen LogP contribution in [0.25, 0.3) is 10.9 Å². The number of benzene rings is 1. The molecule has 2 aromatic rings. The minimum Gasteiger partial charge on any atom is -0.359 e. The van der Waals surface area contributed by atoms with Crippen LogP contribution in [0.5, 0.6) is 0 Å². The molecule has 3 rings (SSSR count). The Bertz CT molecular complexity index is 475. The Morgan fingerprint density at radius 2 is 1.93 bits per heavy atom. The van der Waals surface area contributed by atoms with E-state index < -0.39 is 0 Å². The largest absolute Gasteiger partial charge is 0.359 e. The summed E-state index contributed by atoms with van der Waals surface area (Å²) in [6.07, 6.45) is 5.59. The Kier molecular flexibility index (Phi) is 2.05. The van der Waals surface area contributed by atoms with Crippen LogP contribution in [0.4, 0.5) is 0 Å². The van der Waals surface area contributed by atoms with Gasteiger partial charge in [0.2, 0.25) is 0 Å². The van der Waals surface area contributed by atoms with Gasteiger partial charge in [0, 0.05) is 11.2 Å². The summed E-state index contributed by atoms with van der Waals surface area (Å²) in [5, 5.41) is 1.37. The molecule has 0 unspecified atom stereocenters. The number of aryl methyl sites for hydroxylation is 1. The van der Waals surface area contributed by atoms with Gasteiger partial charge in [0.25, 0.3) is 0 Å². The molecule has 0 spiro atoms. The zero-order chi connectivity index (χ0) is 10.3. The van der Waals surface area contributed by atoms with Gasteiger partial charge in [0.05, 0.1) is 0 Å². The van der Waals surface area contributed by atoms with Gasteiger partial charge in [-0.1, -0.05) is 18.9 Å². The van der Waals surface area contributed by atoms with Gasteiger partial charge in [-0.15, -0.1) is 0 Å². The molecule has 1 N–H and O–H groups in total. The van der Waals surface area contributed by atoms with Gasteiger partial charge in [-0.05, 0) is 54.8 Å². The Morgan fingerprint density at radius 1 is 1.13 bits per heavy atom. The van der Waals surface area contributed by atoms with Crippen molar-refractivity contribution in [1.82, 2.24) is 4.98 Å². The standard InChI is InChI=1S/C14H17N/c1-10-8-13-9-12(6-7-14(13)15-10)11-4-2-3-5-11/h6-9,11,15H,2-5H2,1H3. The highest BCUT2D eigenvalue weighted by Gasteiger charge is 2.17. The Morgan fingerprint density at radius 3 is 2.73 bits per heavy atom. The highest BCUT2D eigenvalue weighted by atomic mass is 14.7. The van der Waals surface area contributed by atoms with Crippen molar-refractivity contribution >= 4 is 10.9 Å². The van der Waals surface area contributed by atoms with Crippen LogP contribution in [0.2, 0.25) is 0 Å².